The Hall–Kier alpha value is -1.52. The Morgan fingerprint density at radius 1 is 1.30 bits per heavy atom. The molecule has 2 rings (SSSR count). The van der Waals surface area contributed by atoms with E-state index in [4.69, 9.17) is 11.6 Å². The number of hydrogen-bond donors (Lipinski definition) is 1. The lowest BCUT2D eigenvalue weighted by Crippen LogP contribution is -2.19. The lowest BCUT2D eigenvalue weighted by atomic mass is 10.1. The zero-order valence-corrected chi connectivity index (χ0v) is 13.1. The van der Waals surface area contributed by atoms with Crippen LogP contribution in [0.3, 0.4) is 0 Å². The van der Waals surface area contributed by atoms with Gasteiger partial charge in [-0.25, -0.2) is 4.79 Å². The predicted molar refractivity (Wildman–Crippen MR) is 84.7 cm³/mol. The number of carboxylic acids is 1. The summed E-state index contributed by atoms with van der Waals surface area (Å²) in [5, 5.41) is 9.92. The van der Waals surface area contributed by atoms with E-state index >= 15 is 0 Å². The van der Waals surface area contributed by atoms with Gasteiger partial charge in [0, 0.05) is 23.1 Å². The molecule has 3 nitrogen and oxygen atoms in total. The van der Waals surface area contributed by atoms with Gasteiger partial charge in [0.1, 0.15) is 0 Å². The number of hydrogen-bond acceptors (Lipinski definition) is 2. The first-order valence-corrected chi connectivity index (χ1v) is 7.13. The van der Waals surface area contributed by atoms with Crippen molar-refractivity contribution >= 4 is 39.2 Å². The summed E-state index contributed by atoms with van der Waals surface area (Å²) in [5.74, 6) is -0.939. The van der Waals surface area contributed by atoms with Gasteiger partial charge >= 0.3 is 5.97 Å². The first-order chi connectivity index (χ1) is 9.47. The van der Waals surface area contributed by atoms with Crippen LogP contribution in [0, 0.1) is 0 Å². The molecule has 0 atom stereocenters. The smallest absolute Gasteiger partial charge is 0.337 e. The van der Waals surface area contributed by atoms with E-state index in [0.29, 0.717) is 17.3 Å². The van der Waals surface area contributed by atoms with E-state index in [-0.39, 0.29) is 5.56 Å². The van der Waals surface area contributed by atoms with Gasteiger partial charge in [0.25, 0.3) is 0 Å². The molecule has 0 fully saturated rings. The third kappa shape index (κ3) is 3.52. The molecule has 0 aliphatic carbocycles. The number of carboxylic acid groups (broad SMARTS) is 1. The molecule has 0 unspecified atom stereocenters. The van der Waals surface area contributed by atoms with Crippen LogP contribution < -0.4 is 4.90 Å². The summed E-state index contributed by atoms with van der Waals surface area (Å²) in [5.41, 5.74) is 1.96. The predicted octanol–water partition coefficient (Wildman–Crippen LogP) is 4.44. The van der Waals surface area contributed by atoms with Crippen LogP contribution in [0.2, 0.25) is 5.02 Å². The highest BCUT2D eigenvalue weighted by Gasteiger charge is 2.14. The fourth-order valence-corrected chi connectivity index (χ4v) is 2.56. The van der Waals surface area contributed by atoms with Crippen molar-refractivity contribution in [3.05, 3.63) is 63.1 Å². The third-order valence-corrected chi connectivity index (χ3v) is 3.64. The molecule has 20 heavy (non-hydrogen) atoms. The van der Waals surface area contributed by atoms with Gasteiger partial charge in [-0.05, 0) is 35.9 Å². The van der Waals surface area contributed by atoms with E-state index in [1.807, 2.05) is 36.2 Å². The number of rotatable bonds is 4. The Labute approximate surface area is 130 Å². The van der Waals surface area contributed by atoms with Crippen LogP contribution >= 0.6 is 27.5 Å². The summed E-state index contributed by atoms with van der Waals surface area (Å²) >= 11 is 9.33. The second-order valence-electron chi connectivity index (χ2n) is 4.45. The summed E-state index contributed by atoms with van der Waals surface area (Å²) in [4.78, 5) is 13.2. The molecule has 2 aromatic carbocycles. The second-order valence-corrected chi connectivity index (χ2v) is 5.80. The summed E-state index contributed by atoms with van der Waals surface area (Å²) in [6, 6.07) is 12.6. The molecule has 104 valence electrons. The Bertz CT molecular complexity index is 646. The molecule has 0 bridgehead atoms. The van der Waals surface area contributed by atoms with Gasteiger partial charge < -0.3 is 10.0 Å². The Kier molecular flexibility index (Phi) is 4.68. The average molecular weight is 355 g/mol. The maximum Gasteiger partial charge on any atom is 0.337 e. The van der Waals surface area contributed by atoms with Crippen molar-refractivity contribution in [2.24, 2.45) is 0 Å². The monoisotopic (exact) mass is 353 g/mol. The molecular weight excluding hydrogens is 342 g/mol. The van der Waals surface area contributed by atoms with Crippen LogP contribution in [-0.2, 0) is 6.54 Å². The summed E-state index contributed by atoms with van der Waals surface area (Å²) in [7, 11) is 1.86. The number of benzene rings is 2. The van der Waals surface area contributed by atoms with Gasteiger partial charge in [0.2, 0.25) is 0 Å². The van der Waals surface area contributed by atoms with E-state index in [9.17, 15) is 9.90 Å². The van der Waals surface area contributed by atoms with Gasteiger partial charge in [-0.3, -0.25) is 0 Å². The van der Waals surface area contributed by atoms with E-state index < -0.39 is 5.97 Å². The highest BCUT2D eigenvalue weighted by Crippen LogP contribution is 2.26. The van der Waals surface area contributed by atoms with Crippen molar-refractivity contribution in [2.45, 2.75) is 6.54 Å². The first-order valence-electron chi connectivity index (χ1n) is 5.96. The summed E-state index contributed by atoms with van der Waals surface area (Å²) in [6.45, 7) is 0.581. The van der Waals surface area contributed by atoms with Gasteiger partial charge in [-0.15, -0.1) is 0 Å². The highest BCUT2D eigenvalue weighted by atomic mass is 79.9. The zero-order chi connectivity index (χ0) is 14.7. The SMILES string of the molecule is CN(Cc1cccc(Cl)c1)c1cc(Br)ccc1C(=O)O. The minimum atomic E-state index is -0.939. The van der Waals surface area contributed by atoms with Crippen LogP contribution in [0.5, 0.6) is 0 Å². The van der Waals surface area contributed by atoms with Crippen molar-refractivity contribution in [1.29, 1.82) is 0 Å². The molecule has 0 saturated carbocycles. The molecule has 2 aromatic rings. The molecule has 0 amide bonds. The first kappa shape index (κ1) is 14.9. The third-order valence-electron chi connectivity index (χ3n) is 2.91. The standard InChI is InChI=1S/C15H13BrClNO2/c1-18(9-10-3-2-4-12(17)7-10)14-8-11(16)5-6-13(14)15(19)20/h2-8H,9H2,1H3,(H,19,20). The van der Waals surface area contributed by atoms with Crippen molar-refractivity contribution in [3.63, 3.8) is 0 Å². The van der Waals surface area contributed by atoms with Gasteiger partial charge in [0.05, 0.1) is 11.3 Å². The molecule has 0 aliphatic heterocycles. The Morgan fingerprint density at radius 3 is 2.70 bits per heavy atom. The maximum atomic E-state index is 11.3. The molecule has 0 aliphatic rings. The zero-order valence-electron chi connectivity index (χ0n) is 10.8. The normalized spacial score (nSPS) is 10.3. The molecule has 0 saturated heterocycles. The van der Waals surface area contributed by atoms with Gasteiger partial charge in [-0.2, -0.15) is 0 Å². The van der Waals surface area contributed by atoms with Crippen molar-refractivity contribution in [2.75, 3.05) is 11.9 Å². The van der Waals surface area contributed by atoms with E-state index in [2.05, 4.69) is 15.9 Å². The number of aromatic carboxylic acids is 1. The topological polar surface area (TPSA) is 40.5 Å². The number of halogens is 2. The van der Waals surface area contributed by atoms with Crippen LogP contribution in [0.25, 0.3) is 0 Å². The molecule has 5 heteroatoms. The minimum absolute atomic E-state index is 0.276. The maximum absolute atomic E-state index is 11.3. The average Bonchev–Trinajstić information content (AvgIpc) is 2.38. The molecule has 0 radical (unpaired) electrons. The van der Waals surface area contributed by atoms with E-state index in [0.717, 1.165) is 10.0 Å². The fourth-order valence-electron chi connectivity index (χ4n) is 2.00. The van der Waals surface area contributed by atoms with Crippen molar-refractivity contribution in [1.82, 2.24) is 0 Å². The van der Waals surface area contributed by atoms with Crippen molar-refractivity contribution < 1.29 is 9.90 Å². The fraction of sp³-hybridized carbons (Fsp3) is 0.133. The van der Waals surface area contributed by atoms with Crippen LogP contribution in [0.15, 0.2) is 46.9 Å². The molecule has 0 heterocycles. The number of nitrogens with zero attached hydrogens (tertiary/aromatic N) is 1. The quantitative estimate of drug-likeness (QED) is 0.882. The molecule has 0 aromatic heterocycles. The lowest BCUT2D eigenvalue weighted by Gasteiger charge is -2.21. The van der Waals surface area contributed by atoms with Gasteiger partial charge in [-0.1, -0.05) is 39.7 Å². The van der Waals surface area contributed by atoms with E-state index in [1.165, 1.54) is 0 Å². The molecule has 1 N–H and O–H groups in total. The summed E-state index contributed by atoms with van der Waals surface area (Å²) in [6.07, 6.45) is 0. The second kappa shape index (κ2) is 6.29. The number of anilines is 1. The lowest BCUT2D eigenvalue weighted by molar-refractivity contribution is 0.0697. The highest BCUT2D eigenvalue weighted by molar-refractivity contribution is 9.10. The van der Waals surface area contributed by atoms with Crippen LogP contribution in [0.4, 0.5) is 5.69 Å². The minimum Gasteiger partial charge on any atom is -0.478 e. The van der Waals surface area contributed by atoms with Crippen LogP contribution in [0.1, 0.15) is 15.9 Å². The van der Waals surface area contributed by atoms with E-state index in [1.54, 1.807) is 18.2 Å². The Morgan fingerprint density at radius 2 is 2.05 bits per heavy atom. The summed E-state index contributed by atoms with van der Waals surface area (Å²) < 4.78 is 0.843. The van der Waals surface area contributed by atoms with Crippen LogP contribution in [-0.4, -0.2) is 18.1 Å². The molecular formula is C15H13BrClNO2. The van der Waals surface area contributed by atoms with Crippen molar-refractivity contribution in [3.8, 4) is 0 Å². The van der Waals surface area contributed by atoms with Gasteiger partial charge in [0.15, 0.2) is 0 Å². The largest absolute Gasteiger partial charge is 0.478 e. The molecule has 0 spiro atoms. The number of carbonyl (C=O) groups is 1. The Balaban J connectivity index is 2.31.